The molecule has 1 heterocycles. The van der Waals surface area contributed by atoms with Crippen LogP contribution in [0.1, 0.15) is 40.0 Å². The van der Waals surface area contributed by atoms with Crippen molar-refractivity contribution in [2.45, 2.75) is 36.6 Å². The number of nitrogens with zero attached hydrogens (tertiary/aromatic N) is 3. The topological polar surface area (TPSA) is 78.3 Å². The van der Waals surface area contributed by atoms with Gasteiger partial charge in [0.15, 0.2) is 11.0 Å². The van der Waals surface area contributed by atoms with E-state index in [1.54, 1.807) is 32.4 Å². The summed E-state index contributed by atoms with van der Waals surface area (Å²) in [5, 5.41) is 12.3. The molecule has 11 heteroatoms. The molecule has 210 valence electrons. The highest BCUT2D eigenvalue weighted by Crippen LogP contribution is 2.32. The minimum Gasteiger partial charge on any atom is -0.497 e. The SMILES string of the molecule is COCC(C)n1c(SCc2ccc(C(=O)NCc3cccc(C(F)(F)F)c3)cc2)nnc1-c1cccc(OC)c1. The second kappa shape index (κ2) is 13.0. The van der Waals surface area contributed by atoms with Gasteiger partial charge in [-0.15, -0.1) is 10.2 Å². The highest BCUT2D eigenvalue weighted by Gasteiger charge is 2.30. The lowest BCUT2D eigenvalue weighted by Crippen LogP contribution is -2.23. The van der Waals surface area contributed by atoms with Gasteiger partial charge >= 0.3 is 6.18 Å². The molecule has 0 aliphatic heterocycles. The molecular weight excluding hydrogens is 541 g/mol. The van der Waals surface area contributed by atoms with E-state index >= 15 is 0 Å². The largest absolute Gasteiger partial charge is 0.497 e. The molecule has 0 aliphatic rings. The van der Waals surface area contributed by atoms with E-state index in [0.29, 0.717) is 29.3 Å². The summed E-state index contributed by atoms with van der Waals surface area (Å²) >= 11 is 1.51. The number of alkyl halides is 3. The van der Waals surface area contributed by atoms with Crippen LogP contribution in [-0.4, -0.2) is 41.5 Å². The second-order valence-electron chi connectivity index (χ2n) is 9.08. The van der Waals surface area contributed by atoms with E-state index < -0.39 is 11.7 Å². The molecule has 0 saturated heterocycles. The third kappa shape index (κ3) is 7.22. The van der Waals surface area contributed by atoms with Crippen molar-refractivity contribution in [3.63, 3.8) is 0 Å². The predicted octanol–water partition coefficient (Wildman–Crippen LogP) is 6.40. The fraction of sp³-hybridized carbons (Fsp3) is 0.276. The van der Waals surface area contributed by atoms with Gasteiger partial charge in [-0.1, -0.05) is 48.2 Å². The van der Waals surface area contributed by atoms with Crippen molar-refractivity contribution < 1.29 is 27.4 Å². The van der Waals surface area contributed by atoms with Crippen LogP contribution in [0.25, 0.3) is 11.4 Å². The molecular formula is C29H29F3N4O3S. The number of carbonyl (C=O) groups is 1. The zero-order valence-electron chi connectivity index (χ0n) is 22.2. The first-order chi connectivity index (χ1) is 19.2. The lowest BCUT2D eigenvalue weighted by molar-refractivity contribution is -0.137. The molecule has 0 bridgehead atoms. The Labute approximate surface area is 234 Å². The van der Waals surface area contributed by atoms with E-state index in [1.165, 1.54) is 17.8 Å². The number of rotatable bonds is 11. The fourth-order valence-corrected chi connectivity index (χ4v) is 5.08. The summed E-state index contributed by atoms with van der Waals surface area (Å²) in [6.07, 6.45) is -4.43. The van der Waals surface area contributed by atoms with Crippen molar-refractivity contribution in [2.24, 2.45) is 0 Å². The number of amides is 1. The maximum Gasteiger partial charge on any atom is 0.416 e. The minimum atomic E-state index is -4.43. The maximum absolute atomic E-state index is 12.9. The van der Waals surface area contributed by atoms with E-state index in [4.69, 9.17) is 9.47 Å². The van der Waals surface area contributed by atoms with Gasteiger partial charge < -0.3 is 14.8 Å². The lowest BCUT2D eigenvalue weighted by Gasteiger charge is -2.17. The highest BCUT2D eigenvalue weighted by molar-refractivity contribution is 7.98. The molecule has 40 heavy (non-hydrogen) atoms. The smallest absolute Gasteiger partial charge is 0.416 e. The van der Waals surface area contributed by atoms with Gasteiger partial charge in [0.1, 0.15) is 5.75 Å². The number of aromatic nitrogens is 3. The average molecular weight is 571 g/mol. The first kappa shape index (κ1) is 29.2. The highest BCUT2D eigenvalue weighted by atomic mass is 32.2. The number of hydrogen-bond acceptors (Lipinski definition) is 6. The van der Waals surface area contributed by atoms with Crippen LogP contribution in [0, 0.1) is 0 Å². The molecule has 3 aromatic carbocycles. The van der Waals surface area contributed by atoms with Crippen molar-refractivity contribution in [1.82, 2.24) is 20.1 Å². The van der Waals surface area contributed by atoms with Gasteiger partial charge in [-0.25, -0.2) is 0 Å². The summed E-state index contributed by atoms with van der Waals surface area (Å²) in [6, 6.07) is 19.6. The summed E-state index contributed by atoms with van der Waals surface area (Å²) < 4.78 is 51.6. The monoisotopic (exact) mass is 570 g/mol. The predicted molar refractivity (Wildman–Crippen MR) is 147 cm³/mol. The molecule has 1 N–H and O–H groups in total. The molecule has 0 spiro atoms. The standard InChI is InChI=1S/C29H29F3N4O3S/c1-19(17-38-2)36-26(23-7-5-9-25(15-23)39-3)34-35-28(36)40-18-20-10-12-22(13-11-20)27(37)33-16-21-6-4-8-24(14-21)29(30,31)32/h4-15,19H,16-18H2,1-3H3,(H,33,37). The van der Waals surface area contributed by atoms with Crippen molar-refractivity contribution in [3.8, 4) is 17.1 Å². The number of nitrogens with one attached hydrogen (secondary N) is 1. The minimum absolute atomic E-state index is 0.00863. The number of methoxy groups -OCH3 is 2. The normalized spacial score (nSPS) is 12.2. The second-order valence-corrected chi connectivity index (χ2v) is 10.0. The molecule has 4 aromatic rings. The van der Waals surface area contributed by atoms with E-state index in [0.717, 1.165) is 34.2 Å². The Balaban J connectivity index is 1.42. The van der Waals surface area contributed by atoms with E-state index in [-0.39, 0.29) is 18.5 Å². The quantitative estimate of drug-likeness (QED) is 0.210. The number of halogens is 3. The van der Waals surface area contributed by atoms with Crippen LogP contribution < -0.4 is 10.1 Å². The Morgan fingerprint density at radius 1 is 1.00 bits per heavy atom. The first-order valence-electron chi connectivity index (χ1n) is 12.4. The summed E-state index contributed by atoms with van der Waals surface area (Å²) in [6.45, 7) is 2.51. The molecule has 7 nitrogen and oxygen atoms in total. The van der Waals surface area contributed by atoms with Gasteiger partial charge in [-0.3, -0.25) is 9.36 Å². The van der Waals surface area contributed by atoms with Crippen LogP contribution in [0.2, 0.25) is 0 Å². The molecule has 1 amide bonds. The van der Waals surface area contributed by atoms with Crippen LogP contribution >= 0.6 is 11.8 Å². The molecule has 0 saturated carbocycles. The van der Waals surface area contributed by atoms with Crippen LogP contribution in [-0.2, 0) is 23.2 Å². The van der Waals surface area contributed by atoms with Gasteiger partial charge in [0, 0.05) is 30.5 Å². The van der Waals surface area contributed by atoms with E-state index in [9.17, 15) is 18.0 Å². The molecule has 1 unspecified atom stereocenters. The maximum atomic E-state index is 12.9. The third-order valence-corrected chi connectivity index (χ3v) is 7.15. The van der Waals surface area contributed by atoms with Crippen molar-refractivity contribution in [2.75, 3.05) is 20.8 Å². The van der Waals surface area contributed by atoms with E-state index in [1.807, 2.05) is 47.9 Å². The summed E-state index contributed by atoms with van der Waals surface area (Å²) in [5.74, 6) is 1.65. The molecule has 4 rings (SSSR count). The number of carbonyl (C=O) groups excluding carboxylic acids is 1. The third-order valence-electron chi connectivity index (χ3n) is 6.13. The Morgan fingerprint density at radius 3 is 2.45 bits per heavy atom. The first-order valence-corrected chi connectivity index (χ1v) is 13.4. The number of thioether (sulfide) groups is 1. The van der Waals surface area contributed by atoms with Crippen LogP contribution in [0.5, 0.6) is 5.75 Å². The Kier molecular flexibility index (Phi) is 9.49. The summed E-state index contributed by atoms with van der Waals surface area (Å²) in [4.78, 5) is 12.6. The summed E-state index contributed by atoms with van der Waals surface area (Å²) in [7, 11) is 3.26. The van der Waals surface area contributed by atoms with Gasteiger partial charge in [-0.2, -0.15) is 13.2 Å². The number of hydrogen-bond donors (Lipinski definition) is 1. The van der Waals surface area contributed by atoms with Gasteiger partial charge in [0.2, 0.25) is 0 Å². The van der Waals surface area contributed by atoms with E-state index in [2.05, 4.69) is 15.5 Å². The zero-order valence-corrected chi connectivity index (χ0v) is 23.1. The van der Waals surface area contributed by atoms with Crippen molar-refractivity contribution >= 4 is 17.7 Å². The Hall–Kier alpha value is -3.83. The van der Waals surface area contributed by atoms with Crippen LogP contribution in [0.4, 0.5) is 13.2 Å². The fourth-order valence-electron chi connectivity index (χ4n) is 4.09. The molecule has 0 fully saturated rings. The number of ether oxygens (including phenoxy) is 2. The molecule has 1 aromatic heterocycles. The lowest BCUT2D eigenvalue weighted by atomic mass is 10.1. The Morgan fingerprint density at radius 2 is 1.75 bits per heavy atom. The van der Waals surface area contributed by atoms with Gasteiger partial charge in [-0.05, 0) is 54.4 Å². The van der Waals surface area contributed by atoms with Crippen molar-refractivity contribution in [3.05, 3.63) is 95.1 Å². The zero-order chi connectivity index (χ0) is 28.7. The Bertz CT molecular complexity index is 1440. The average Bonchev–Trinajstić information content (AvgIpc) is 3.39. The molecule has 0 radical (unpaired) electrons. The van der Waals surface area contributed by atoms with Crippen LogP contribution in [0.3, 0.4) is 0 Å². The van der Waals surface area contributed by atoms with Crippen LogP contribution in [0.15, 0.2) is 78.0 Å². The van der Waals surface area contributed by atoms with Crippen molar-refractivity contribution in [1.29, 1.82) is 0 Å². The van der Waals surface area contributed by atoms with Gasteiger partial charge in [0.25, 0.3) is 5.91 Å². The number of benzene rings is 3. The van der Waals surface area contributed by atoms with Gasteiger partial charge in [0.05, 0.1) is 25.3 Å². The summed E-state index contributed by atoms with van der Waals surface area (Å²) in [5.41, 5.74) is 1.89. The molecule has 1 atom stereocenters. The molecule has 0 aliphatic carbocycles.